The first-order chi connectivity index (χ1) is 10.8. The maximum absolute atomic E-state index is 12.1. The highest BCUT2D eigenvalue weighted by atomic mass is 16.7. The van der Waals surface area contributed by atoms with Gasteiger partial charge in [0.05, 0.1) is 7.11 Å². The van der Waals surface area contributed by atoms with Gasteiger partial charge in [0, 0.05) is 24.1 Å². The maximum Gasteiger partial charge on any atom is 0.409 e. The van der Waals surface area contributed by atoms with Gasteiger partial charge >= 0.3 is 6.09 Å². The van der Waals surface area contributed by atoms with Crippen LogP contribution in [0.25, 0.3) is 0 Å². The van der Waals surface area contributed by atoms with E-state index in [-0.39, 0.29) is 18.9 Å². The van der Waals surface area contributed by atoms with Crippen LogP contribution in [-0.4, -0.2) is 37.5 Å². The number of carbonyl (C=O) groups is 1. The number of ether oxygens (including phenoxy) is 3. The fourth-order valence-corrected chi connectivity index (χ4v) is 4.43. The molecule has 1 saturated carbocycles. The van der Waals surface area contributed by atoms with Crippen LogP contribution < -0.4 is 9.47 Å². The number of hydrogen-bond acceptors (Lipinski definition) is 4. The molecule has 2 heterocycles. The van der Waals surface area contributed by atoms with Gasteiger partial charge in [0.25, 0.3) is 0 Å². The molecule has 3 atom stereocenters. The van der Waals surface area contributed by atoms with Crippen LogP contribution in [0.15, 0.2) is 18.2 Å². The van der Waals surface area contributed by atoms with E-state index in [4.69, 9.17) is 14.2 Å². The molecule has 1 saturated heterocycles. The van der Waals surface area contributed by atoms with E-state index in [0.717, 1.165) is 30.9 Å². The zero-order chi connectivity index (χ0) is 15.1. The fraction of sp³-hybridized carbons (Fsp3) is 0.588. The SMILES string of the molecule is COC(=O)N1CC[C@@H]2CCC[C@H](c3cccc4c3OCO4)[C@@H]21. The Bertz CT molecular complexity index is 588. The second kappa shape index (κ2) is 5.38. The molecule has 5 heteroatoms. The van der Waals surface area contributed by atoms with Crippen LogP contribution in [0.5, 0.6) is 11.5 Å². The molecule has 0 spiro atoms. The van der Waals surface area contributed by atoms with Crippen LogP contribution in [0.4, 0.5) is 4.79 Å². The highest BCUT2D eigenvalue weighted by Crippen LogP contribution is 2.49. The number of para-hydroxylation sites is 1. The molecule has 118 valence electrons. The number of carbonyl (C=O) groups excluding carboxylic acids is 1. The first kappa shape index (κ1) is 13.7. The summed E-state index contributed by atoms with van der Waals surface area (Å²) >= 11 is 0. The van der Waals surface area contributed by atoms with Crippen LogP contribution in [-0.2, 0) is 4.74 Å². The largest absolute Gasteiger partial charge is 0.454 e. The molecule has 1 aromatic carbocycles. The van der Waals surface area contributed by atoms with E-state index in [1.165, 1.54) is 25.5 Å². The summed E-state index contributed by atoms with van der Waals surface area (Å²) < 4.78 is 16.2. The van der Waals surface area contributed by atoms with Gasteiger partial charge in [-0.15, -0.1) is 0 Å². The Kier molecular flexibility index (Phi) is 3.36. The summed E-state index contributed by atoms with van der Waals surface area (Å²) in [7, 11) is 1.46. The second-order valence-electron chi connectivity index (χ2n) is 6.32. The van der Waals surface area contributed by atoms with Gasteiger partial charge in [-0.2, -0.15) is 0 Å². The molecule has 0 aromatic heterocycles. The monoisotopic (exact) mass is 303 g/mol. The summed E-state index contributed by atoms with van der Waals surface area (Å²) in [6.07, 6.45) is 4.34. The molecule has 0 unspecified atom stereocenters. The minimum atomic E-state index is -0.204. The van der Waals surface area contributed by atoms with E-state index >= 15 is 0 Å². The predicted molar refractivity (Wildman–Crippen MR) is 80.2 cm³/mol. The topological polar surface area (TPSA) is 48.0 Å². The number of hydrogen-bond donors (Lipinski definition) is 0. The van der Waals surface area contributed by atoms with Crippen molar-refractivity contribution in [2.24, 2.45) is 5.92 Å². The Labute approximate surface area is 130 Å². The van der Waals surface area contributed by atoms with E-state index < -0.39 is 0 Å². The lowest BCUT2D eigenvalue weighted by Crippen LogP contribution is -2.43. The van der Waals surface area contributed by atoms with Crippen molar-refractivity contribution in [3.05, 3.63) is 23.8 Å². The van der Waals surface area contributed by atoms with Gasteiger partial charge in [0.1, 0.15) is 0 Å². The van der Waals surface area contributed by atoms with Gasteiger partial charge in [-0.05, 0) is 31.2 Å². The van der Waals surface area contributed by atoms with Crippen molar-refractivity contribution in [3.8, 4) is 11.5 Å². The number of rotatable bonds is 1. The lowest BCUT2D eigenvalue weighted by atomic mass is 9.74. The Hall–Kier alpha value is -1.91. The summed E-state index contributed by atoms with van der Waals surface area (Å²) in [6.45, 7) is 1.08. The summed E-state index contributed by atoms with van der Waals surface area (Å²) in [6, 6.07) is 6.30. The molecule has 1 amide bonds. The molecule has 0 bridgehead atoms. The molecule has 2 fully saturated rings. The maximum atomic E-state index is 12.1. The number of nitrogens with zero attached hydrogens (tertiary/aromatic N) is 1. The number of amides is 1. The first-order valence-corrected chi connectivity index (χ1v) is 8.02. The van der Waals surface area contributed by atoms with Gasteiger partial charge in [-0.25, -0.2) is 4.79 Å². The molecule has 2 aliphatic heterocycles. The highest BCUT2D eigenvalue weighted by Gasteiger charge is 2.45. The Morgan fingerprint density at radius 2 is 2.18 bits per heavy atom. The average Bonchev–Trinajstić information content (AvgIpc) is 3.20. The summed E-state index contributed by atoms with van der Waals surface area (Å²) in [5.74, 6) is 2.56. The molecular weight excluding hydrogens is 282 g/mol. The lowest BCUT2D eigenvalue weighted by molar-refractivity contribution is 0.0976. The van der Waals surface area contributed by atoms with Crippen molar-refractivity contribution in [2.45, 2.75) is 37.6 Å². The summed E-state index contributed by atoms with van der Waals surface area (Å²) in [4.78, 5) is 14.0. The molecule has 22 heavy (non-hydrogen) atoms. The minimum absolute atomic E-state index is 0.204. The second-order valence-corrected chi connectivity index (χ2v) is 6.32. The number of fused-ring (bicyclic) bond motifs is 2. The van der Waals surface area contributed by atoms with Gasteiger partial charge in [0.15, 0.2) is 11.5 Å². The standard InChI is InChI=1S/C17H21NO4/c1-20-17(19)18-9-8-11-4-2-5-12(15(11)18)13-6-3-7-14-16(13)22-10-21-14/h3,6-7,11-12,15H,2,4-5,8-10H2,1H3/t11-,12+,15+/m0/s1. The van der Waals surface area contributed by atoms with Crippen molar-refractivity contribution >= 4 is 6.09 Å². The lowest BCUT2D eigenvalue weighted by Gasteiger charge is -2.38. The third-order valence-corrected chi connectivity index (χ3v) is 5.32. The number of methoxy groups -OCH3 is 1. The zero-order valence-corrected chi connectivity index (χ0v) is 12.8. The smallest absolute Gasteiger partial charge is 0.409 e. The third-order valence-electron chi connectivity index (χ3n) is 5.32. The first-order valence-electron chi connectivity index (χ1n) is 8.02. The van der Waals surface area contributed by atoms with Gasteiger partial charge in [0.2, 0.25) is 6.79 Å². The molecule has 1 aromatic rings. The molecule has 0 N–H and O–H groups in total. The summed E-state index contributed by atoms with van der Waals surface area (Å²) in [5.41, 5.74) is 1.18. The molecule has 1 aliphatic carbocycles. The van der Waals surface area contributed by atoms with E-state index in [1.807, 2.05) is 17.0 Å². The van der Waals surface area contributed by atoms with Crippen LogP contribution in [0, 0.1) is 5.92 Å². The van der Waals surface area contributed by atoms with Crippen LogP contribution >= 0.6 is 0 Å². The number of benzene rings is 1. The van der Waals surface area contributed by atoms with Crippen molar-refractivity contribution in [1.82, 2.24) is 4.90 Å². The van der Waals surface area contributed by atoms with Crippen LogP contribution in [0.1, 0.15) is 37.2 Å². The van der Waals surface area contributed by atoms with E-state index in [1.54, 1.807) is 0 Å². The fourth-order valence-electron chi connectivity index (χ4n) is 4.43. The summed E-state index contributed by atoms with van der Waals surface area (Å²) in [5, 5.41) is 0. The van der Waals surface area contributed by atoms with Crippen molar-refractivity contribution < 1.29 is 19.0 Å². The molecule has 4 rings (SSSR count). The molecule has 0 radical (unpaired) electrons. The molecular formula is C17H21NO4. The van der Waals surface area contributed by atoms with Gasteiger partial charge in [-0.1, -0.05) is 18.6 Å². The average molecular weight is 303 g/mol. The van der Waals surface area contributed by atoms with Crippen LogP contribution in [0.2, 0.25) is 0 Å². The third kappa shape index (κ3) is 2.02. The normalized spacial score (nSPS) is 29.3. The number of likely N-dealkylation sites (tertiary alicyclic amines) is 1. The van der Waals surface area contributed by atoms with Crippen molar-refractivity contribution in [2.75, 3.05) is 20.4 Å². The van der Waals surface area contributed by atoms with Gasteiger partial charge in [-0.3, -0.25) is 0 Å². The predicted octanol–water partition coefficient (Wildman–Crippen LogP) is 3.14. The van der Waals surface area contributed by atoms with Crippen LogP contribution in [0.3, 0.4) is 0 Å². The van der Waals surface area contributed by atoms with E-state index in [0.29, 0.717) is 11.8 Å². The van der Waals surface area contributed by atoms with Gasteiger partial charge < -0.3 is 19.1 Å². The highest BCUT2D eigenvalue weighted by molar-refractivity contribution is 5.68. The Morgan fingerprint density at radius 3 is 3.05 bits per heavy atom. The zero-order valence-electron chi connectivity index (χ0n) is 12.8. The quantitative estimate of drug-likeness (QED) is 0.799. The molecule has 5 nitrogen and oxygen atoms in total. The van der Waals surface area contributed by atoms with E-state index in [9.17, 15) is 4.79 Å². The van der Waals surface area contributed by atoms with E-state index in [2.05, 4.69) is 6.07 Å². The van der Waals surface area contributed by atoms with Crippen molar-refractivity contribution in [3.63, 3.8) is 0 Å². The Balaban J connectivity index is 1.71. The van der Waals surface area contributed by atoms with Crippen molar-refractivity contribution in [1.29, 1.82) is 0 Å². The molecule has 3 aliphatic rings. The Morgan fingerprint density at radius 1 is 1.27 bits per heavy atom. The minimum Gasteiger partial charge on any atom is -0.454 e.